The van der Waals surface area contributed by atoms with Gasteiger partial charge in [-0.05, 0) is 18.1 Å². The van der Waals surface area contributed by atoms with Gasteiger partial charge in [0.2, 0.25) is 5.88 Å². The van der Waals surface area contributed by atoms with Crippen molar-refractivity contribution in [3.8, 4) is 17.7 Å². The molecule has 1 aromatic heterocycles. The maximum Gasteiger partial charge on any atom is 0.317 e. The SMILES string of the molecule is COC(=O)CC#Cc1ccc(N)c(OC)n1. The lowest BCUT2D eigenvalue weighted by Gasteiger charge is -2.01. The van der Waals surface area contributed by atoms with E-state index in [4.69, 9.17) is 10.5 Å². The van der Waals surface area contributed by atoms with Crippen molar-refractivity contribution < 1.29 is 14.3 Å². The first-order valence-corrected chi connectivity index (χ1v) is 4.53. The quantitative estimate of drug-likeness (QED) is 0.583. The molecule has 0 saturated carbocycles. The number of nitrogen functional groups attached to an aromatic ring is 1. The van der Waals surface area contributed by atoms with Crippen LogP contribution in [0.5, 0.6) is 5.88 Å². The molecule has 0 aromatic carbocycles. The molecule has 5 heteroatoms. The molecule has 0 saturated heterocycles. The maximum atomic E-state index is 10.8. The van der Waals surface area contributed by atoms with Gasteiger partial charge in [-0.2, -0.15) is 0 Å². The van der Waals surface area contributed by atoms with E-state index in [-0.39, 0.29) is 12.4 Å². The fourth-order valence-electron chi connectivity index (χ4n) is 0.963. The summed E-state index contributed by atoms with van der Waals surface area (Å²) in [7, 11) is 2.79. The Morgan fingerprint density at radius 2 is 2.25 bits per heavy atom. The Bertz CT molecular complexity index is 446. The predicted molar refractivity (Wildman–Crippen MR) is 58.7 cm³/mol. The van der Waals surface area contributed by atoms with E-state index >= 15 is 0 Å². The summed E-state index contributed by atoms with van der Waals surface area (Å²) in [6.07, 6.45) is 0.0326. The van der Waals surface area contributed by atoms with Gasteiger partial charge < -0.3 is 15.2 Å². The molecule has 84 valence electrons. The van der Waals surface area contributed by atoms with E-state index in [2.05, 4.69) is 21.6 Å². The monoisotopic (exact) mass is 220 g/mol. The number of methoxy groups -OCH3 is 2. The molecule has 1 rings (SSSR count). The minimum absolute atomic E-state index is 0.0326. The summed E-state index contributed by atoms with van der Waals surface area (Å²) in [6, 6.07) is 3.30. The second-order valence-electron chi connectivity index (χ2n) is 2.85. The molecular weight excluding hydrogens is 208 g/mol. The fraction of sp³-hybridized carbons (Fsp3) is 0.273. The first-order valence-electron chi connectivity index (χ1n) is 4.53. The Hall–Kier alpha value is -2.22. The van der Waals surface area contributed by atoms with E-state index in [9.17, 15) is 4.79 Å². The Kier molecular flexibility index (Phi) is 4.16. The predicted octanol–water partition coefficient (Wildman–Crippen LogP) is 0.587. The van der Waals surface area contributed by atoms with Gasteiger partial charge in [0.05, 0.1) is 19.9 Å². The molecule has 16 heavy (non-hydrogen) atoms. The zero-order valence-corrected chi connectivity index (χ0v) is 9.11. The van der Waals surface area contributed by atoms with Crippen molar-refractivity contribution in [3.63, 3.8) is 0 Å². The second kappa shape index (κ2) is 5.61. The van der Waals surface area contributed by atoms with Crippen molar-refractivity contribution in [1.82, 2.24) is 4.98 Å². The lowest BCUT2D eigenvalue weighted by Crippen LogP contribution is -1.98. The van der Waals surface area contributed by atoms with Gasteiger partial charge in [0.25, 0.3) is 0 Å². The fourth-order valence-corrected chi connectivity index (χ4v) is 0.963. The second-order valence-corrected chi connectivity index (χ2v) is 2.85. The van der Waals surface area contributed by atoms with E-state index in [1.807, 2.05) is 0 Å². The number of esters is 1. The number of ether oxygens (including phenoxy) is 2. The van der Waals surface area contributed by atoms with Gasteiger partial charge in [-0.1, -0.05) is 5.92 Å². The van der Waals surface area contributed by atoms with Crippen LogP contribution in [0.15, 0.2) is 12.1 Å². The van der Waals surface area contributed by atoms with E-state index in [1.165, 1.54) is 14.2 Å². The lowest BCUT2D eigenvalue weighted by molar-refractivity contribution is -0.139. The highest BCUT2D eigenvalue weighted by Gasteiger charge is 2.00. The van der Waals surface area contributed by atoms with Crippen LogP contribution in [0.1, 0.15) is 12.1 Å². The first kappa shape index (κ1) is 11.9. The Balaban J connectivity index is 2.78. The molecule has 0 aliphatic carbocycles. The summed E-state index contributed by atoms with van der Waals surface area (Å²) in [5.74, 6) is 5.30. The summed E-state index contributed by atoms with van der Waals surface area (Å²) in [4.78, 5) is 14.8. The number of nitrogens with zero attached hydrogens (tertiary/aromatic N) is 1. The molecule has 1 heterocycles. The molecular formula is C11H12N2O3. The van der Waals surface area contributed by atoms with Crippen LogP contribution in [0.3, 0.4) is 0 Å². The number of carbonyl (C=O) groups excluding carboxylic acids is 1. The summed E-state index contributed by atoms with van der Waals surface area (Å²) in [5, 5.41) is 0. The van der Waals surface area contributed by atoms with Crippen molar-refractivity contribution in [3.05, 3.63) is 17.8 Å². The van der Waals surface area contributed by atoms with Gasteiger partial charge in [-0.25, -0.2) is 4.98 Å². The highest BCUT2D eigenvalue weighted by Crippen LogP contribution is 2.16. The largest absolute Gasteiger partial charge is 0.479 e. The van der Waals surface area contributed by atoms with Crippen LogP contribution < -0.4 is 10.5 Å². The van der Waals surface area contributed by atoms with Gasteiger partial charge in [0.15, 0.2) is 0 Å². The van der Waals surface area contributed by atoms with Crippen LogP contribution >= 0.6 is 0 Å². The Labute approximate surface area is 93.6 Å². The third-order valence-electron chi connectivity index (χ3n) is 1.76. The van der Waals surface area contributed by atoms with Crippen LogP contribution in [-0.2, 0) is 9.53 Å². The molecule has 0 unspecified atom stereocenters. The number of pyridine rings is 1. The van der Waals surface area contributed by atoms with E-state index in [0.717, 1.165) is 0 Å². The van der Waals surface area contributed by atoms with Gasteiger partial charge in [0, 0.05) is 0 Å². The van der Waals surface area contributed by atoms with Gasteiger partial charge in [0.1, 0.15) is 12.1 Å². The van der Waals surface area contributed by atoms with E-state index < -0.39 is 0 Å². The molecule has 0 fully saturated rings. The van der Waals surface area contributed by atoms with Crippen LogP contribution in [0.2, 0.25) is 0 Å². The van der Waals surface area contributed by atoms with Gasteiger partial charge >= 0.3 is 5.97 Å². The Morgan fingerprint density at radius 1 is 1.50 bits per heavy atom. The van der Waals surface area contributed by atoms with Crippen molar-refractivity contribution in [2.75, 3.05) is 20.0 Å². The normalized spacial score (nSPS) is 8.88. The number of hydrogen-bond acceptors (Lipinski definition) is 5. The van der Waals surface area contributed by atoms with Crippen LogP contribution in [0.4, 0.5) is 5.69 Å². The first-order chi connectivity index (χ1) is 7.67. The molecule has 0 amide bonds. The van der Waals surface area contributed by atoms with Crippen LogP contribution in [0.25, 0.3) is 0 Å². The number of rotatable bonds is 2. The molecule has 0 aliphatic heterocycles. The minimum atomic E-state index is -0.380. The third-order valence-corrected chi connectivity index (χ3v) is 1.76. The number of anilines is 1. The van der Waals surface area contributed by atoms with Gasteiger partial charge in [-0.15, -0.1) is 0 Å². The number of carbonyl (C=O) groups is 1. The van der Waals surface area contributed by atoms with E-state index in [1.54, 1.807) is 12.1 Å². The van der Waals surface area contributed by atoms with Crippen molar-refractivity contribution in [2.45, 2.75) is 6.42 Å². The molecule has 0 atom stereocenters. The topological polar surface area (TPSA) is 74.4 Å². The van der Waals surface area contributed by atoms with Crippen LogP contribution in [-0.4, -0.2) is 25.2 Å². The average Bonchev–Trinajstić information content (AvgIpc) is 2.31. The maximum absolute atomic E-state index is 10.8. The molecule has 2 N–H and O–H groups in total. The van der Waals surface area contributed by atoms with Crippen molar-refractivity contribution in [1.29, 1.82) is 0 Å². The van der Waals surface area contributed by atoms with E-state index in [0.29, 0.717) is 17.3 Å². The molecule has 1 aromatic rings. The zero-order chi connectivity index (χ0) is 12.0. The molecule has 0 radical (unpaired) electrons. The third kappa shape index (κ3) is 3.17. The number of aromatic nitrogens is 1. The van der Waals surface area contributed by atoms with Gasteiger partial charge in [-0.3, -0.25) is 4.79 Å². The number of nitrogens with two attached hydrogens (primary N) is 1. The molecule has 5 nitrogen and oxygen atoms in total. The Morgan fingerprint density at radius 3 is 2.88 bits per heavy atom. The smallest absolute Gasteiger partial charge is 0.317 e. The highest BCUT2D eigenvalue weighted by molar-refractivity contribution is 5.72. The lowest BCUT2D eigenvalue weighted by atomic mass is 10.3. The molecule has 0 aliphatic rings. The van der Waals surface area contributed by atoms with Crippen LogP contribution in [0, 0.1) is 11.8 Å². The summed E-state index contributed by atoms with van der Waals surface area (Å²) in [6.45, 7) is 0. The minimum Gasteiger partial charge on any atom is -0.479 e. The standard InChI is InChI=1S/C11H12N2O3/c1-15-10(14)5-3-4-8-6-7-9(12)11(13-8)16-2/h6-7H,5,12H2,1-2H3. The highest BCUT2D eigenvalue weighted by atomic mass is 16.5. The summed E-state index contributed by atoms with van der Waals surface area (Å²) < 4.78 is 9.38. The van der Waals surface area contributed by atoms with Crippen molar-refractivity contribution >= 4 is 11.7 Å². The zero-order valence-electron chi connectivity index (χ0n) is 9.11. The number of hydrogen-bond donors (Lipinski definition) is 1. The molecule has 0 bridgehead atoms. The summed E-state index contributed by atoms with van der Waals surface area (Å²) >= 11 is 0. The summed E-state index contributed by atoms with van der Waals surface area (Å²) in [5.41, 5.74) is 6.53. The van der Waals surface area contributed by atoms with Crippen molar-refractivity contribution in [2.24, 2.45) is 0 Å². The molecule has 0 spiro atoms. The average molecular weight is 220 g/mol.